The number of anilines is 1. The van der Waals surface area contributed by atoms with Gasteiger partial charge in [-0.2, -0.15) is 0 Å². The molecule has 2 heterocycles. The smallest absolute Gasteiger partial charge is 0.309 e. The van der Waals surface area contributed by atoms with Gasteiger partial charge in [0.2, 0.25) is 11.8 Å². The molecule has 2 aliphatic rings. The van der Waals surface area contributed by atoms with Crippen LogP contribution in [0.4, 0.5) is 14.5 Å². The molecule has 7 heteroatoms. The standard InChI is InChI=1S/C20H28F2N2O3/c1-3-27-19(25)15-6-10-24(11-7-15)17-12-18(26-2)23-13-16(17)14-4-8-20(21,22)9-5-14/h12-15H,3-11H2,1-2H3. The van der Waals surface area contributed by atoms with Gasteiger partial charge in [-0.1, -0.05) is 0 Å². The average molecular weight is 382 g/mol. The van der Waals surface area contributed by atoms with E-state index in [0.29, 0.717) is 25.3 Å². The molecule has 0 unspecified atom stereocenters. The van der Waals surface area contributed by atoms with Crippen molar-refractivity contribution in [2.45, 2.75) is 57.3 Å². The maximum absolute atomic E-state index is 13.6. The van der Waals surface area contributed by atoms with Gasteiger partial charge in [0.25, 0.3) is 0 Å². The first-order valence-corrected chi connectivity index (χ1v) is 9.77. The van der Waals surface area contributed by atoms with Gasteiger partial charge in [-0.25, -0.2) is 13.8 Å². The minimum absolute atomic E-state index is 0.0678. The fraction of sp³-hybridized carbons (Fsp3) is 0.700. The van der Waals surface area contributed by atoms with Gasteiger partial charge in [0.15, 0.2) is 0 Å². The van der Waals surface area contributed by atoms with Crippen molar-refractivity contribution in [3.63, 3.8) is 0 Å². The highest BCUT2D eigenvalue weighted by Gasteiger charge is 2.37. The van der Waals surface area contributed by atoms with Gasteiger partial charge < -0.3 is 14.4 Å². The van der Waals surface area contributed by atoms with Crippen LogP contribution >= 0.6 is 0 Å². The predicted molar refractivity (Wildman–Crippen MR) is 98.5 cm³/mol. The first-order chi connectivity index (χ1) is 12.9. The molecule has 0 amide bonds. The minimum Gasteiger partial charge on any atom is -0.481 e. The Labute approximate surface area is 159 Å². The van der Waals surface area contributed by atoms with Crippen LogP contribution in [0.2, 0.25) is 0 Å². The Morgan fingerprint density at radius 2 is 1.93 bits per heavy atom. The molecule has 0 aromatic carbocycles. The van der Waals surface area contributed by atoms with Crippen molar-refractivity contribution in [1.29, 1.82) is 0 Å². The van der Waals surface area contributed by atoms with Gasteiger partial charge in [-0.05, 0) is 44.1 Å². The zero-order valence-electron chi connectivity index (χ0n) is 16.0. The van der Waals surface area contributed by atoms with Gasteiger partial charge in [0, 0.05) is 43.9 Å². The summed E-state index contributed by atoms with van der Waals surface area (Å²) in [7, 11) is 1.57. The highest BCUT2D eigenvalue weighted by molar-refractivity contribution is 5.73. The van der Waals surface area contributed by atoms with Crippen LogP contribution in [0.1, 0.15) is 56.9 Å². The molecule has 27 heavy (non-hydrogen) atoms. The van der Waals surface area contributed by atoms with E-state index in [4.69, 9.17) is 9.47 Å². The Morgan fingerprint density at radius 1 is 1.26 bits per heavy atom. The summed E-state index contributed by atoms with van der Waals surface area (Å²) >= 11 is 0. The first-order valence-electron chi connectivity index (χ1n) is 9.77. The zero-order chi connectivity index (χ0) is 19.4. The third-order valence-electron chi connectivity index (χ3n) is 5.71. The fourth-order valence-electron chi connectivity index (χ4n) is 4.10. The summed E-state index contributed by atoms with van der Waals surface area (Å²) in [5, 5.41) is 0. The van der Waals surface area contributed by atoms with Crippen LogP contribution in [0.5, 0.6) is 5.88 Å². The lowest BCUT2D eigenvalue weighted by atomic mass is 9.82. The zero-order valence-corrected chi connectivity index (χ0v) is 16.0. The summed E-state index contributed by atoms with van der Waals surface area (Å²) in [6.07, 6.45) is 4.01. The number of carbonyl (C=O) groups is 1. The number of rotatable bonds is 5. The molecule has 3 rings (SSSR count). The number of halogens is 2. The van der Waals surface area contributed by atoms with E-state index >= 15 is 0 Å². The van der Waals surface area contributed by atoms with Crippen molar-refractivity contribution in [3.05, 3.63) is 17.8 Å². The summed E-state index contributed by atoms with van der Waals surface area (Å²) in [6, 6.07) is 1.90. The number of methoxy groups -OCH3 is 1. The number of esters is 1. The Balaban J connectivity index is 1.75. The molecule has 0 N–H and O–H groups in total. The number of nitrogens with zero attached hydrogens (tertiary/aromatic N) is 2. The normalized spacial score (nSPS) is 21.1. The van der Waals surface area contributed by atoms with E-state index in [1.54, 1.807) is 13.3 Å². The van der Waals surface area contributed by atoms with Crippen molar-refractivity contribution in [2.75, 3.05) is 31.7 Å². The maximum atomic E-state index is 13.6. The molecule has 1 saturated heterocycles. The van der Waals surface area contributed by atoms with Crippen LogP contribution in [0.25, 0.3) is 0 Å². The lowest BCUT2D eigenvalue weighted by Crippen LogP contribution is -2.37. The third-order valence-corrected chi connectivity index (χ3v) is 5.71. The van der Waals surface area contributed by atoms with Crippen LogP contribution in [-0.4, -0.2) is 43.7 Å². The average Bonchev–Trinajstić information content (AvgIpc) is 2.68. The number of hydrogen-bond acceptors (Lipinski definition) is 5. The molecule has 0 radical (unpaired) electrons. The molecule has 0 bridgehead atoms. The van der Waals surface area contributed by atoms with Crippen molar-refractivity contribution in [3.8, 4) is 5.88 Å². The molecule has 1 aromatic heterocycles. The van der Waals surface area contributed by atoms with Crippen molar-refractivity contribution < 1.29 is 23.0 Å². The van der Waals surface area contributed by atoms with E-state index in [-0.39, 0.29) is 30.6 Å². The third kappa shape index (κ3) is 4.68. The van der Waals surface area contributed by atoms with Crippen LogP contribution in [-0.2, 0) is 9.53 Å². The van der Waals surface area contributed by atoms with Gasteiger partial charge in [-0.3, -0.25) is 4.79 Å². The second kappa shape index (κ2) is 8.40. The number of ether oxygens (including phenoxy) is 2. The predicted octanol–water partition coefficient (Wildman–Crippen LogP) is 4.16. The van der Waals surface area contributed by atoms with E-state index < -0.39 is 5.92 Å². The number of pyridine rings is 1. The summed E-state index contributed by atoms with van der Waals surface area (Å²) < 4.78 is 37.5. The number of hydrogen-bond donors (Lipinski definition) is 0. The molecule has 150 valence electrons. The number of piperidine rings is 1. The van der Waals surface area contributed by atoms with Crippen molar-refractivity contribution in [2.24, 2.45) is 5.92 Å². The van der Waals surface area contributed by atoms with Crippen molar-refractivity contribution >= 4 is 11.7 Å². The lowest BCUT2D eigenvalue weighted by Gasteiger charge is -2.36. The second-order valence-electron chi connectivity index (χ2n) is 7.43. The number of carbonyl (C=O) groups excluding carboxylic acids is 1. The van der Waals surface area contributed by atoms with E-state index in [9.17, 15) is 13.6 Å². The van der Waals surface area contributed by atoms with Gasteiger partial charge >= 0.3 is 5.97 Å². The Kier molecular flexibility index (Phi) is 6.17. The minimum atomic E-state index is -2.55. The van der Waals surface area contributed by atoms with E-state index in [2.05, 4.69) is 9.88 Å². The van der Waals surface area contributed by atoms with Crippen LogP contribution < -0.4 is 9.64 Å². The van der Waals surface area contributed by atoms with Crippen LogP contribution in [0, 0.1) is 5.92 Å². The number of aromatic nitrogens is 1. The Hall–Kier alpha value is -1.92. The molecular formula is C20H28F2N2O3. The molecule has 0 atom stereocenters. The summed E-state index contributed by atoms with van der Waals surface area (Å²) in [5.74, 6) is -2.14. The largest absolute Gasteiger partial charge is 0.481 e. The molecule has 1 saturated carbocycles. The highest BCUT2D eigenvalue weighted by atomic mass is 19.3. The molecule has 0 spiro atoms. The summed E-state index contributed by atoms with van der Waals surface area (Å²) in [5.41, 5.74) is 2.01. The van der Waals surface area contributed by atoms with Crippen molar-refractivity contribution in [1.82, 2.24) is 4.98 Å². The highest BCUT2D eigenvalue weighted by Crippen LogP contribution is 2.44. The fourth-order valence-corrected chi connectivity index (χ4v) is 4.10. The summed E-state index contributed by atoms with van der Waals surface area (Å²) in [4.78, 5) is 18.5. The summed E-state index contributed by atoms with van der Waals surface area (Å²) in [6.45, 7) is 3.67. The maximum Gasteiger partial charge on any atom is 0.309 e. The van der Waals surface area contributed by atoms with E-state index in [1.165, 1.54) is 0 Å². The Morgan fingerprint density at radius 3 is 2.52 bits per heavy atom. The van der Waals surface area contributed by atoms with Gasteiger partial charge in [0.05, 0.1) is 19.6 Å². The Bertz CT molecular complexity index is 651. The molecule has 2 fully saturated rings. The molecule has 1 aliphatic carbocycles. The van der Waals surface area contributed by atoms with Crippen LogP contribution in [0.3, 0.4) is 0 Å². The monoisotopic (exact) mass is 382 g/mol. The second-order valence-corrected chi connectivity index (χ2v) is 7.43. The molecule has 5 nitrogen and oxygen atoms in total. The first kappa shape index (κ1) is 19.8. The quantitative estimate of drug-likeness (QED) is 0.716. The van der Waals surface area contributed by atoms with Gasteiger partial charge in [-0.15, -0.1) is 0 Å². The molecular weight excluding hydrogens is 354 g/mol. The topological polar surface area (TPSA) is 51.7 Å². The number of alkyl halides is 2. The van der Waals surface area contributed by atoms with Gasteiger partial charge in [0.1, 0.15) is 0 Å². The van der Waals surface area contributed by atoms with E-state index in [0.717, 1.165) is 37.2 Å². The SMILES string of the molecule is CCOC(=O)C1CCN(c2cc(OC)ncc2C2CCC(F)(F)CC2)CC1. The lowest BCUT2D eigenvalue weighted by molar-refractivity contribution is -0.148. The van der Waals surface area contributed by atoms with E-state index in [1.807, 2.05) is 13.0 Å². The van der Waals surface area contributed by atoms with Crippen LogP contribution in [0.15, 0.2) is 12.3 Å². The molecule has 1 aliphatic heterocycles. The molecule has 1 aromatic rings.